The summed E-state index contributed by atoms with van der Waals surface area (Å²) in [7, 11) is 0. The lowest BCUT2D eigenvalue weighted by Gasteiger charge is -2.19. The van der Waals surface area contributed by atoms with Gasteiger partial charge in [-0.25, -0.2) is 4.68 Å². The van der Waals surface area contributed by atoms with E-state index in [-0.39, 0.29) is 5.54 Å². The fourth-order valence-electron chi connectivity index (χ4n) is 1.38. The lowest BCUT2D eigenvalue weighted by Crippen LogP contribution is -2.36. The zero-order valence-electron chi connectivity index (χ0n) is 10.8. The first-order valence-corrected chi connectivity index (χ1v) is 6.03. The van der Waals surface area contributed by atoms with Crippen molar-refractivity contribution < 1.29 is 0 Å². The molecule has 5 heteroatoms. The normalized spacial score (nSPS) is 12.0. The number of aromatic nitrogens is 4. The number of nitrogens with zero attached hydrogens (tertiary/aromatic N) is 4. The minimum Gasteiger partial charge on any atom is -0.305 e. The second-order valence-corrected chi connectivity index (χ2v) is 5.13. The van der Waals surface area contributed by atoms with Gasteiger partial charge in [0, 0.05) is 12.1 Å². The van der Waals surface area contributed by atoms with Gasteiger partial charge in [0.2, 0.25) is 0 Å². The molecule has 5 nitrogen and oxygen atoms in total. The molecular weight excluding hydrogens is 202 g/mol. The summed E-state index contributed by atoms with van der Waals surface area (Å²) in [5, 5.41) is 15.2. The Hall–Kier alpha value is -0.970. The van der Waals surface area contributed by atoms with Crippen molar-refractivity contribution in [2.75, 3.05) is 0 Å². The third kappa shape index (κ3) is 4.70. The molecule has 0 aromatic carbocycles. The first-order chi connectivity index (χ1) is 7.53. The molecule has 92 valence electrons. The Labute approximate surface area is 97.6 Å². The SMILES string of the molecule is CCCCCn1nnnc1CNC(C)(C)C. The highest BCUT2D eigenvalue weighted by atomic mass is 15.5. The van der Waals surface area contributed by atoms with Crippen LogP contribution < -0.4 is 5.32 Å². The fourth-order valence-corrected chi connectivity index (χ4v) is 1.38. The van der Waals surface area contributed by atoms with Crippen molar-refractivity contribution in [1.82, 2.24) is 25.5 Å². The van der Waals surface area contributed by atoms with Crippen LogP contribution in [-0.2, 0) is 13.1 Å². The smallest absolute Gasteiger partial charge is 0.165 e. The summed E-state index contributed by atoms with van der Waals surface area (Å²) in [5.41, 5.74) is 0.0974. The number of hydrogen-bond donors (Lipinski definition) is 1. The molecular formula is C11H23N5. The number of tetrazole rings is 1. The number of rotatable bonds is 6. The molecule has 16 heavy (non-hydrogen) atoms. The maximum atomic E-state index is 4.04. The highest BCUT2D eigenvalue weighted by Crippen LogP contribution is 2.03. The summed E-state index contributed by atoms with van der Waals surface area (Å²) in [6, 6.07) is 0. The molecule has 0 aliphatic carbocycles. The van der Waals surface area contributed by atoms with E-state index in [1.54, 1.807) is 0 Å². The van der Waals surface area contributed by atoms with Gasteiger partial charge in [0.25, 0.3) is 0 Å². The number of nitrogens with one attached hydrogen (secondary N) is 1. The highest BCUT2D eigenvalue weighted by Gasteiger charge is 2.12. The molecule has 0 atom stereocenters. The van der Waals surface area contributed by atoms with E-state index in [1.807, 2.05) is 4.68 Å². The molecule has 0 radical (unpaired) electrons. The zero-order chi connectivity index (χ0) is 12.0. The van der Waals surface area contributed by atoms with Gasteiger partial charge in [0.15, 0.2) is 5.82 Å². The Bertz CT molecular complexity index is 300. The van der Waals surface area contributed by atoms with Crippen LogP contribution in [0.25, 0.3) is 0 Å². The number of unbranched alkanes of at least 4 members (excludes halogenated alkanes) is 2. The van der Waals surface area contributed by atoms with Crippen LogP contribution in [0.2, 0.25) is 0 Å². The van der Waals surface area contributed by atoms with Gasteiger partial charge in [-0.2, -0.15) is 0 Å². The average Bonchev–Trinajstić information content (AvgIpc) is 2.62. The molecule has 0 spiro atoms. The second-order valence-electron chi connectivity index (χ2n) is 5.13. The van der Waals surface area contributed by atoms with Crippen molar-refractivity contribution in [1.29, 1.82) is 0 Å². The van der Waals surface area contributed by atoms with E-state index in [0.29, 0.717) is 0 Å². The summed E-state index contributed by atoms with van der Waals surface area (Å²) >= 11 is 0. The molecule has 0 amide bonds. The van der Waals surface area contributed by atoms with Gasteiger partial charge in [-0.15, -0.1) is 5.10 Å². The quantitative estimate of drug-likeness (QED) is 0.749. The van der Waals surface area contributed by atoms with E-state index in [1.165, 1.54) is 12.8 Å². The highest BCUT2D eigenvalue weighted by molar-refractivity contribution is 4.83. The van der Waals surface area contributed by atoms with E-state index in [0.717, 1.165) is 25.3 Å². The summed E-state index contributed by atoms with van der Waals surface area (Å²) in [4.78, 5) is 0. The molecule has 1 aromatic heterocycles. The van der Waals surface area contributed by atoms with Gasteiger partial charge < -0.3 is 5.32 Å². The topological polar surface area (TPSA) is 55.6 Å². The van der Waals surface area contributed by atoms with Gasteiger partial charge in [0.1, 0.15) is 0 Å². The average molecular weight is 225 g/mol. The fraction of sp³-hybridized carbons (Fsp3) is 0.909. The van der Waals surface area contributed by atoms with Crippen LogP contribution >= 0.6 is 0 Å². The van der Waals surface area contributed by atoms with E-state index >= 15 is 0 Å². The predicted octanol–water partition coefficient (Wildman–Crippen LogP) is 1.75. The third-order valence-electron chi connectivity index (χ3n) is 2.36. The van der Waals surface area contributed by atoms with Crippen molar-refractivity contribution in [3.8, 4) is 0 Å². The molecule has 0 saturated carbocycles. The molecule has 0 saturated heterocycles. The van der Waals surface area contributed by atoms with Gasteiger partial charge in [0.05, 0.1) is 6.54 Å². The Morgan fingerprint density at radius 2 is 2.00 bits per heavy atom. The molecule has 1 N–H and O–H groups in total. The van der Waals surface area contributed by atoms with Crippen molar-refractivity contribution in [2.24, 2.45) is 0 Å². The van der Waals surface area contributed by atoms with E-state index in [2.05, 4.69) is 48.5 Å². The summed E-state index contributed by atoms with van der Waals surface area (Å²) in [5.74, 6) is 0.922. The Balaban J connectivity index is 2.44. The minimum atomic E-state index is 0.0974. The van der Waals surface area contributed by atoms with Gasteiger partial charge in [-0.05, 0) is 37.6 Å². The Kier molecular flexibility index (Phi) is 4.86. The molecule has 0 bridgehead atoms. The standard InChI is InChI=1S/C11H23N5/c1-5-6-7-8-16-10(13-14-15-16)9-12-11(2,3)4/h12H,5-9H2,1-4H3. The van der Waals surface area contributed by atoms with Crippen molar-refractivity contribution in [3.63, 3.8) is 0 Å². The monoisotopic (exact) mass is 225 g/mol. The van der Waals surface area contributed by atoms with E-state index in [4.69, 9.17) is 0 Å². The van der Waals surface area contributed by atoms with Gasteiger partial charge in [-0.1, -0.05) is 19.8 Å². The largest absolute Gasteiger partial charge is 0.305 e. The zero-order valence-corrected chi connectivity index (χ0v) is 10.8. The van der Waals surface area contributed by atoms with E-state index < -0.39 is 0 Å². The molecule has 0 aliphatic rings. The second kappa shape index (κ2) is 5.94. The minimum absolute atomic E-state index is 0.0974. The van der Waals surface area contributed by atoms with Gasteiger partial charge >= 0.3 is 0 Å². The van der Waals surface area contributed by atoms with Crippen LogP contribution in [0.3, 0.4) is 0 Å². The number of aryl methyl sites for hydroxylation is 1. The molecule has 1 aromatic rings. The Morgan fingerprint density at radius 3 is 2.62 bits per heavy atom. The molecule has 1 rings (SSSR count). The van der Waals surface area contributed by atoms with Crippen LogP contribution in [0.15, 0.2) is 0 Å². The summed E-state index contributed by atoms with van der Waals surface area (Å²) in [6.45, 7) is 10.3. The summed E-state index contributed by atoms with van der Waals surface area (Å²) < 4.78 is 1.90. The lowest BCUT2D eigenvalue weighted by atomic mass is 10.1. The summed E-state index contributed by atoms with van der Waals surface area (Å²) in [6.07, 6.45) is 3.59. The third-order valence-corrected chi connectivity index (χ3v) is 2.36. The van der Waals surface area contributed by atoms with Gasteiger partial charge in [-0.3, -0.25) is 0 Å². The van der Waals surface area contributed by atoms with Crippen molar-refractivity contribution in [3.05, 3.63) is 5.82 Å². The van der Waals surface area contributed by atoms with E-state index in [9.17, 15) is 0 Å². The van der Waals surface area contributed by atoms with Crippen LogP contribution in [0, 0.1) is 0 Å². The number of hydrogen-bond acceptors (Lipinski definition) is 4. The first kappa shape index (κ1) is 13.1. The molecule has 0 unspecified atom stereocenters. The predicted molar refractivity (Wildman–Crippen MR) is 63.9 cm³/mol. The maximum Gasteiger partial charge on any atom is 0.165 e. The maximum absolute atomic E-state index is 4.04. The lowest BCUT2D eigenvalue weighted by molar-refractivity contribution is 0.405. The first-order valence-electron chi connectivity index (χ1n) is 6.03. The molecule has 1 heterocycles. The Morgan fingerprint density at radius 1 is 1.25 bits per heavy atom. The van der Waals surface area contributed by atoms with Crippen LogP contribution in [-0.4, -0.2) is 25.7 Å². The molecule has 0 fully saturated rings. The van der Waals surface area contributed by atoms with Crippen LogP contribution in [0.5, 0.6) is 0 Å². The van der Waals surface area contributed by atoms with Crippen LogP contribution in [0.4, 0.5) is 0 Å². The van der Waals surface area contributed by atoms with Crippen LogP contribution in [0.1, 0.15) is 52.8 Å². The van der Waals surface area contributed by atoms with Crippen molar-refractivity contribution >= 4 is 0 Å². The van der Waals surface area contributed by atoms with Crippen molar-refractivity contribution in [2.45, 2.75) is 65.6 Å². The molecule has 0 aliphatic heterocycles.